The van der Waals surface area contributed by atoms with Gasteiger partial charge in [0, 0.05) is 38.3 Å². The molecule has 2 saturated heterocycles. The van der Waals surface area contributed by atoms with Crippen LogP contribution in [-0.2, 0) is 4.74 Å². The zero-order valence-corrected chi connectivity index (χ0v) is 12.2. The molecule has 2 aliphatic heterocycles. The summed E-state index contributed by atoms with van der Waals surface area (Å²) in [6, 6.07) is 1.30. The van der Waals surface area contributed by atoms with Gasteiger partial charge in [0.15, 0.2) is 0 Å². The summed E-state index contributed by atoms with van der Waals surface area (Å²) in [5.41, 5.74) is 0. The number of ether oxygens (including phenoxy) is 1. The van der Waals surface area contributed by atoms with Gasteiger partial charge >= 0.3 is 0 Å². The van der Waals surface area contributed by atoms with E-state index >= 15 is 0 Å². The molecule has 0 saturated carbocycles. The predicted octanol–water partition coefficient (Wildman–Crippen LogP) is 0.779. The zero-order valence-electron chi connectivity index (χ0n) is 12.2. The lowest BCUT2D eigenvalue weighted by atomic mass is 10.2. The Kier molecular flexibility index (Phi) is 5.42. The molecule has 0 aliphatic carbocycles. The molecule has 4 heteroatoms. The van der Waals surface area contributed by atoms with Crippen LogP contribution in [0.25, 0.3) is 0 Å². The molecule has 0 aromatic heterocycles. The van der Waals surface area contributed by atoms with Crippen LogP contribution in [0.15, 0.2) is 0 Å². The van der Waals surface area contributed by atoms with Crippen LogP contribution in [0, 0.1) is 0 Å². The summed E-state index contributed by atoms with van der Waals surface area (Å²) in [6.45, 7) is 11.0. The molecule has 2 rings (SSSR count). The molecule has 2 unspecified atom stereocenters. The lowest BCUT2D eigenvalue weighted by Crippen LogP contribution is -2.49. The molecule has 0 spiro atoms. The minimum Gasteiger partial charge on any atom is -0.374 e. The van der Waals surface area contributed by atoms with Gasteiger partial charge in [-0.2, -0.15) is 0 Å². The first kappa shape index (κ1) is 14.3. The molecule has 2 heterocycles. The van der Waals surface area contributed by atoms with E-state index in [-0.39, 0.29) is 0 Å². The molecule has 4 nitrogen and oxygen atoms in total. The van der Waals surface area contributed by atoms with Gasteiger partial charge in [0.2, 0.25) is 0 Å². The van der Waals surface area contributed by atoms with Crippen LogP contribution in [0.5, 0.6) is 0 Å². The van der Waals surface area contributed by atoms with Crippen molar-refractivity contribution in [3.63, 3.8) is 0 Å². The summed E-state index contributed by atoms with van der Waals surface area (Å²) in [5.74, 6) is 0. The van der Waals surface area contributed by atoms with Crippen LogP contribution in [0.4, 0.5) is 0 Å². The maximum absolute atomic E-state index is 5.88. The number of nitrogens with zero attached hydrogens (tertiary/aromatic N) is 2. The molecule has 106 valence electrons. The third-order valence-corrected chi connectivity index (χ3v) is 4.04. The Labute approximate surface area is 112 Å². The fourth-order valence-electron chi connectivity index (χ4n) is 2.98. The molecule has 0 aromatic carbocycles. The van der Waals surface area contributed by atoms with Gasteiger partial charge in [-0.3, -0.25) is 4.90 Å². The van der Waals surface area contributed by atoms with Gasteiger partial charge in [-0.15, -0.1) is 0 Å². The first-order valence-corrected chi connectivity index (χ1v) is 7.42. The Morgan fingerprint density at radius 1 is 1.33 bits per heavy atom. The second-order valence-electron chi connectivity index (χ2n) is 6.11. The number of likely N-dealkylation sites (tertiary alicyclic amines) is 1. The number of nitrogens with one attached hydrogen (secondary N) is 1. The predicted molar refractivity (Wildman–Crippen MR) is 75.0 cm³/mol. The topological polar surface area (TPSA) is 27.7 Å². The second kappa shape index (κ2) is 6.85. The first-order chi connectivity index (χ1) is 8.65. The average molecular weight is 255 g/mol. The minimum absolute atomic E-state index is 0.406. The summed E-state index contributed by atoms with van der Waals surface area (Å²) >= 11 is 0. The van der Waals surface area contributed by atoms with Crippen LogP contribution in [0.3, 0.4) is 0 Å². The van der Waals surface area contributed by atoms with Crippen molar-refractivity contribution >= 4 is 0 Å². The van der Waals surface area contributed by atoms with Crippen molar-refractivity contribution in [1.82, 2.24) is 15.1 Å². The first-order valence-electron chi connectivity index (χ1n) is 7.42. The van der Waals surface area contributed by atoms with Crippen LogP contribution >= 0.6 is 0 Å². The quantitative estimate of drug-likeness (QED) is 0.786. The molecular weight excluding hydrogens is 226 g/mol. The molecule has 0 amide bonds. The van der Waals surface area contributed by atoms with E-state index < -0.39 is 0 Å². The highest BCUT2D eigenvalue weighted by atomic mass is 16.5. The number of likely N-dealkylation sites (N-methyl/N-ethyl adjacent to an activating group) is 1. The molecule has 0 aromatic rings. The van der Waals surface area contributed by atoms with Crippen molar-refractivity contribution in [2.24, 2.45) is 0 Å². The summed E-state index contributed by atoms with van der Waals surface area (Å²) in [6.07, 6.45) is 3.08. The van der Waals surface area contributed by atoms with Gasteiger partial charge in [-0.1, -0.05) is 13.8 Å². The normalized spacial score (nSPS) is 31.3. The minimum atomic E-state index is 0.406. The monoisotopic (exact) mass is 255 g/mol. The third-order valence-electron chi connectivity index (χ3n) is 4.04. The van der Waals surface area contributed by atoms with Crippen molar-refractivity contribution in [2.75, 3.05) is 46.4 Å². The number of morpholine rings is 1. The van der Waals surface area contributed by atoms with Gasteiger partial charge in [0.25, 0.3) is 0 Å². The van der Waals surface area contributed by atoms with Crippen molar-refractivity contribution in [3.05, 3.63) is 0 Å². The summed E-state index contributed by atoms with van der Waals surface area (Å²) in [5, 5.41) is 3.57. The third kappa shape index (κ3) is 4.19. The van der Waals surface area contributed by atoms with E-state index in [1.807, 2.05) is 0 Å². The van der Waals surface area contributed by atoms with E-state index in [2.05, 4.69) is 36.0 Å². The summed E-state index contributed by atoms with van der Waals surface area (Å²) in [7, 11) is 2.19. The highest BCUT2D eigenvalue weighted by molar-refractivity contribution is 4.84. The van der Waals surface area contributed by atoms with Crippen molar-refractivity contribution in [2.45, 2.75) is 44.9 Å². The number of rotatable bonds is 5. The van der Waals surface area contributed by atoms with Gasteiger partial charge in [0.05, 0.1) is 12.7 Å². The molecule has 1 N–H and O–H groups in total. The molecular formula is C14H29N3O. The van der Waals surface area contributed by atoms with Crippen molar-refractivity contribution < 1.29 is 4.74 Å². The molecule has 2 atom stereocenters. The Morgan fingerprint density at radius 3 is 2.89 bits per heavy atom. The lowest BCUT2D eigenvalue weighted by molar-refractivity contribution is -0.0371. The maximum Gasteiger partial charge on any atom is 0.0829 e. The van der Waals surface area contributed by atoms with Crippen LogP contribution in [-0.4, -0.2) is 74.4 Å². The number of hydrogen-bond donors (Lipinski definition) is 1. The maximum atomic E-state index is 5.88. The lowest BCUT2D eigenvalue weighted by Gasteiger charge is -2.34. The molecule has 0 bridgehead atoms. The van der Waals surface area contributed by atoms with E-state index in [0.717, 1.165) is 32.8 Å². The molecule has 2 aliphatic rings. The summed E-state index contributed by atoms with van der Waals surface area (Å²) in [4.78, 5) is 5.00. The molecule has 2 fully saturated rings. The van der Waals surface area contributed by atoms with Crippen molar-refractivity contribution in [3.8, 4) is 0 Å². The summed E-state index contributed by atoms with van der Waals surface area (Å²) < 4.78 is 5.88. The number of hydrogen-bond acceptors (Lipinski definition) is 4. The fraction of sp³-hybridized carbons (Fsp3) is 1.00. The largest absolute Gasteiger partial charge is 0.374 e. The van der Waals surface area contributed by atoms with Crippen LogP contribution in [0.1, 0.15) is 26.7 Å². The fourth-order valence-corrected chi connectivity index (χ4v) is 2.98. The Balaban J connectivity index is 1.76. The van der Waals surface area contributed by atoms with Gasteiger partial charge < -0.3 is 15.0 Å². The Bertz CT molecular complexity index is 247. The van der Waals surface area contributed by atoms with E-state index in [4.69, 9.17) is 4.74 Å². The zero-order chi connectivity index (χ0) is 13.0. The van der Waals surface area contributed by atoms with E-state index in [9.17, 15) is 0 Å². The standard InChI is InChI=1S/C14H29N3O/c1-12(2)15-9-13-5-4-6-17(13)11-14-10-16(3)7-8-18-14/h12-15H,4-11H2,1-3H3. The van der Waals surface area contributed by atoms with Crippen molar-refractivity contribution in [1.29, 1.82) is 0 Å². The van der Waals surface area contributed by atoms with Gasteiger partial charge in [-0.25, -0.2) is 0 Å². The Morgan fingerprint density at radius 2 is 2.17 bits per heavy atom. The smallest absolute Gasteiger partial charge is 0.0829 e. The van der Waals surface area contributed by atoms with E-state index in [0.29, 0.717) is 18.2 Å². The van der Waals surface area contributed by atoms with E-state index in [1.54, 1.807) is 0 Å². The molecule has 0 radical (unpaired) electrons. The molecule has 18 heavy (non-hydrogen) atoms. The second-order valence-corrected chi connectivity index (χ2v) is 6.11. The van der Waals surface area contributed by atoms with Crippen LogP contribution in [0.2, 0.25) is 0 Å². The SMILES string of the molecule is CC(C)NCC1CCCN1CC1CN(C)CCO1. The van der Waals surface area contributed by atoms with Gasteiger partial charge in [-0.05, 0) is 26.4 Å². The van der Waals surface area contributed by atoms with Crippen LogP contribution < -0.4 is 5.32 Å². The van der Waals surface area contributed by atoms with E-state index in [1.165, 1.54) is 19.4 Å². The van der Waals surface area contributed by atoms with Gasteiger partial charge in [0.1, 0.15) is 0 Å². The average Bonchev–Trinajstić information content (AvgIpc) is 2.74. The Hall–Kier alpha value is -0.160. The highest BCUT2D eigenvalue weighted by Gasteiger charge is 2.28. The highest BCUT2D eigenvalue weighted by Crippen LogP contribution is 2.18.